The lowest BCUT2D eigenvalue weighted by molar-refractivity contribution is 0.0690. The van der Waals surface area contributed by atoms with Crippen molar-refractivity contribution < 1.29 is 9.32 Å². The van der Waals surface area contributed by atoms with E-state index < -0.39 is 0 Å². The number of aryl methyl sites for hydroxylation is 1. The number of piperidine rings is 1. The van der Waals surface area contributed by atoms with Gasteiger partial charge >= 0.3 is 0 Å². The zero-order chi connectivity index (χ0) is 14.1. The average molecular weight is 339 g/mol. The molecule has 1 N–H and O–H groups in total. The van der Waals surface area contributed by atoms with Gasteiger partial charge in [0.05, 0.1) is 5.92 Å². The molecule has 0 saturated carbocycles. The number of aromatic amines is 1. The summed E-state index contributed by atoms with van der Waals surface area (Å²) in [6.07, 6.45) is 3.68. The molecule has 106 valence electrons. The molecule has 1 amide bonds. The summed E-state index contributed by atoms with van der Waals surface area (Å²) in [5.74, 6) is 1.41. The molecule has 0 aromatic carbocycles. The topological polar surface area (TPSA) is 75.0 Å². The third-order valence-electron chi connectivity index (χ3n) is 3.48. The molecular formula is C13H15BrN4O2. The number of nitrogens with one attached hydrogen (secondary N) is 1. The van der Waals surface area contributed by atoms with Crippen molar-refractivity contribution in [2.45, 2.75) is 25.7 Å². The van der Waals surface area contributed by atoms with Gasteiger partial charge in [-0.2, -0.15) is 4.98 Å². The Bertz CT molecular complexity index is 621. The Kier molecular flexibility index (Phi) is 3.60. The summed E-state index contributed by atoms with van der Waals surface area (Å²) in [4.78, 5) is 21.5. The van der Waals surface area contributed by atoms with Crippen LogP contribution in [0.3, 0.4) is 0 Å². The molecule has 0 aliphatic carbocycles. The van der Waals surface area contributed by atoms with Gasteiger partial charge in [0, 0.05) is 23.8 Å². The van der Waals surface area contributed by atoms with Crippen LogP contribution in [0.2, 0.25) is 0 Å². The Morgan fingerprint density at radius 2 is 2.45 bits per heavy atom. The summed E-state index contributed by atoms with van der Waals surface area (Å²) in [6.45, 7) is 3.19. The van der Waals surface area contributed by atoms with E-state index in [1.54, 1.807) is 19.2 Å². The minimum Gasteiger partial charge on any atom is -0.356 e. The van der Waals surface area contributed by atoms with Crippen LogP contribution in [-0.2, 0) is 0 Å². The molecule has 1 atom stereocenters. The fraction of sp³-hybridized carbons (Fsp3) is 0.462. The van der Waals surface area contributed by atoms with E-state index in [-0.39, 0.29) is 11.8 Å². The Morgan fingerprint density at radius 1 is 1.60 bits per heavy atom. The zero-order valence-corrected chi connectivity index (χ0v) is 12.7. The number of carbonyl (C=O) groups is 1. The molecule has 0 radical (unpaired) electrons. The van der Waals surface area contributed by atoms with E-state index in [1.807, 2.05) is 4.90 Å². The lowest BCUT2D eigenvalue weighted by Crippen LogP contribution is -2.39. The summed E-state index contributed by atoms with van der Waals surface area (Å²) >= 11 is 3.34. The Labute approximate surface area is 124 Å². The predicted octanol–water partition coefficient (Wildman–Crippen LogP) is 2.49. The zero-order valence-electron chi connectivity index (χ0n) is 11.1. The summed E-state index contributed by atoms with van der Waals surface area (Å²) in [7, 11) is 0. The number of likely N-dealkylation sites (tertiary alicyclic amines) is 1. The van der Waals surface area contributed by atoms with Crippen LogP contribution >= 0.6 is 15.9 Å². The van der Waals surface area contributed by atoms with Crippen molar-refractivity contribution in [3.63, 3.8) is 0 Å². The average Bonchev–Trinajstić information content (AvgIpc) is 3.07. The quantitative estimate of drug-likeness (QED) is 0.912. The number of nitrogens with zero attached hydrogens (tertiary/aromatic N) is 3. The van der Waals surface area contributed by atoms with Gasteiger partial charge < -0.3 is 14.4 Å². The van der Waals surface area contributed by atoms with Gasteiger partial charge in [0.1, 0.15) is 5.69 Å². The number of carbonyl (C=O) groups excluding carboxylic acids is 1. The number of hydrogen-bond donors (Lipinski definition) is 1. The third-order valence-corrected chi connectivity index (χ3v) is 3.94. The molecule has 2 aromatic rings. The number of halogens is 1. The van der Waals surface area contributed by atoms with Crippen molar-refractivity contribution in [3.05, 3.63) is 34.1 Å². The van der Waals surface area contributed by atoms with Crippen LogP contribution in [0.4, 0.5) is 0 Å². The van der Waals surface area contributed by atoms with Crippen molar-refractivity contribution in [1.82, 2.24) is 20.0 Å². The standard InChI is InChI=1S/C13H15BrN4O2/c1-8-16-12(20-17-8)9-3-2-4-18(7-9)13(19)11-5-10(14)6-15-11/h5-6,9,15H,2-4,7H2,1H3/t9-/m1/s1. The molecule has 3 rings (SSSR count). The van der Waals surface area contributed by atoms with Crippen LogP contribution in [0, 0.1) is 6.92 Å². The minimum atomic E-state index is 0.0108. The van der Waals surface area contributed by atoms with Crippen molar-refractivity contribution in [1.29, 1.82) is 0 Å². The fourth-order valence-corrected chi connectivity index (χ4v) is 2.85. The molecule has 20 heavy (non-hydrogen) atoms. The Hall–Kier alpha value is -1.63. The monoisotopic (exact) mass is 338 g/mol. The van der Waals surface area contributed by atoms with E-state index in [1.165, 1.54) is 0 Å². The van der Waals surface area contributed by atoms with E-state index in [0.717, 1.165) is 23.9 Å². The molecule has 1 aliphatic heterocycles. The Balaban J connectivity index is 1.73. The number of amides is 1. The summed E-state index contributed by atoms with van der Waals surface area (Å²) in [6, 6.07) is 1.79. The van der Waals surface area contributed by atoms with Gasteiger partial charge in [-0.3, -0.25) is 4.79 Å². The lowest BCUT2D eigenvalue weighted by atomic mass is 9.97. The maximum Gasteiger partial charge on any atom is 0.270 e. The van der Waals surface area contributed by atoms with E-state index in [2.05, 4.69) is 31.1 Å². The smallest absolute Gasteiger partial charge is 0.270 e. The predicted molar refractivity (Wildman–Crippen MR) is 75.4 cm³/mol. The van der Waals surface area contributed by atoms with Crippen LogP contribution in [0.5, 0.6) is 0 Å². The largest absolute Gasteiger partial charge is 0.356 e. The van der Waals surface area contributed by atoms with Crippen LogP contribution in [0.15, 0.2) is 21.3 Å². The van der Waals surface area contributed by atoms with Crippen molar-refractivity contribution in [2.75, 3.05) is 13.1 Å². The summed E-state index contributed by atoms with van der Waals surface area (Å²) in [5.41, 5.74) is 0.597. The SMILES string of the molecule is Cc1noc([C@@H]2CCCN(C(=O)c3cc(Br)c[nH]3)C2)n1. The molecule has 0 spiro atoms. The second-order valence-electron chi connectivity index (χ2n) is 5.00. The molecular weight excluding hydrogens is 324 g/mol. The normalized spacial score (nSPS) is 19.3. The highest BCUT2D eigenvalue weighted by molar-refractivity contribution is 9.10. The van der Waals surface area contributed by atoms with Crippen molar-refractivity contribution >= 4 is 21.8 Å². The Morgan fingerprint density at radius 3 is 3.10 bits per heavy atom. The van der Waals surface area contributed by atoms with Gasteiger partial charge in [0.15, 0.2) is 5.82 Å². The van der Waals surface area contributed by atoms with Gasteiger partial charge in [0.25, 0.3) is 5.91 Å². The van der Waals surface area contributed by atoms with Gasteiger partial charge in [-0.25, -0.2) is 0 Å². The van der Waals surface area contributed by atoms with E-state index in [9.17, 15) is 4.79 Å². The van der Waals surface area contributed by atoms with Crippen LogP contribution in [0.1, 0.15) is 41.0 Å². The minimum absolute atomic E-state index is 0.0108. The molecule has 3 heterocycles. The van der Waals surface area contributed by atoms with E-state index in [0.29, 0.717) is 24.0 Å². The van der Waals surface area contributed by atoms with Gasteiger partial charge in [0.2, 0.25) is 5.89 Å². The van der Waals surface area contributed by atoms with Crippen LogP contribution in [-0.4, -0.2) is 39.0 Å². The highest BCUT2D eigenvalue weighted by atomic mass is 79.9. The summed E-state index contributed by atoms with van der Waals surface area (Å²) in [5, 5.41) is 3.82. The number of hydrogen-bond acceptors (Lipinski definition) is 4. The fourth-order valence-electron chi connectivity index (χ4n) is 2.50. The number of rotatable bonds is 2. The molecule has 1 saturated heterocycles. The third kappa shape index (κ3) is 2.63. The first-order valence-corrected chi connectivity index (χ1v) is 7.36. The maximum absolute atomic E-state index is 12.4. The summed E-state index contributed by atoms with van der Waals surface area (Å²) < 4.78 is 6.10. The second-order valence-corrected chi connectivity index (χ2v) is 5.92. The van der Waals surface area contributed by atoms with Gasteiger partial charge in [-0.05, 0) is 41.8 Å². The molecule has 6 nitrogen and oxygen atoms in total. The van der Waals surface area contributed by atoms with Crippen LogP contribution < -0.4 is 0 Å². The highest BCUT2D eigenvalue weighted by Crippen LogP contribution is 2.26. The van der Waals surface area contributed by atoms with E-state index >= 15 is 0 Å². The molecule has 7 heteroatoms. The van der Waals surface area contributed by atoms with E-state index in [4.69, 9.17) is 4.52 Å². The maximum atomic E-state index is 12.4. The number of H-pyrrole nitrogens is 1. The van der Waals surface area contributed by atoms with Gasteiger partial charge in [-0.15, -0.1) is 0 Å². The molecule has 0 unspecified atom stereocenters. The number of aromatic nitrogens is 3. The highest BCUT2D eigenvalue weighted by Gasteiger charge is 2.29. The second kappa shape index (κ2) is 5.40. The van der Waals surface area contributed by atoms with Gasteiger partial charge in [-0.1, -0.05) is 5.16 Å². The first-order valence-electron chi connectivity index (χ1n) is 6.57. The molecule has 1 aliphatic rings. The first-order chi connectivity index (χ1) is 9.63. The molecule has 2 aromatic heterocycles. The molecule has 0 bridgehead atoms. The lowest BCUT2D eigenvalue weighted by Gasteiger charge is -2.30. The van der Waals surface area contributed by atoms with Crippen molar-refractivity contribution in [3.8, 4) is 0 Å². The van der Waals surface area contributed by atoms with Crippen molar-refractivity contribution in [2.24, 2.45) is 0 Å². The molecule has 1 fully saturated rings. The first kappa shape index (κ1) is 13.4. The van der Waals surface area contributed by atoms with Crippen LogP contribution in [0.25, 0.3) is 0 Å².